The van der Waals surface area contributed by atoms with Crippen LogP contribution in [0.3, 0.4) is 0 Å². The van der Waals surface area contributed by atoms with Crippen molar-refractivity contribution in [3.8, 4) is 0 Å². The Bertz CT molecular complexity index is 2120. The molecule has 0 saturated heterocycles. The summed E-state index contributed by atoms with van der Waals surface area (Å²) in [6.45, 7) is 1.76. The molecule has 1 spiro atoms. The van der Waals surface area contributed by atoms with E-state index in [0.29, 0.717) is 22.1 Å². The summed E-state index contributed by atoms with van der Waals surface area (Å²) in [5.41, 5.74) is 3.18. The number of hydrazone groups is 1. The predicted octanol–water partition coefficient (Wildman–Crippen LogP) is 8.25. The van der Waals surface area contributed by atoms with Gasteiger partial charge in [-0.3, -0.25) is 0 Å². The van der Waals surface area contributed by atoms with Crippen molar-refractivity contribution in [3.05, 3.63) is 173 Å². The van der Waals surface area contributed by atoms with Gasteiger partial charge in [0, 0.05) is 10.6 Å². The fraction of sp³-hybridized carbons (Fsp3) is 0.0811. The maximum atomic E-state index is 14.1. The van der Waals surface area contributed by atoms with E-state index in [1.807, 2.05) is 126 Å². The lowest BCUT2D eigenvalue weighted by molar-refractivity contribution is 0.474. The van der Waals surface area contributed by atoms with Crippen LogP contribution in [0.25, 0.3) is 5.76 Å². The van der Waals surface area contributed by atoms with Crippen LogP contribution in [-0.2, 0) is 14.8 Å². The minimum atomic E-state index is -4.34. The summed E-state index contributed by atoms with van der Waals surface area (Å²) in [5, 5.41) is 7.62. The highest BCUT2D eigenvalue weighted by Crippen LogP contribution is 2.51. The van der Waals surface area contributed by atoms with E-state index >= 15 is 0 Å². The molecule has 45 heavy (non-hydrogen) atoms. The molecule has 2 atom stereocenters. The Morgan fingerprint density at radius 2 is 1.44 bits per heavy atom. The third kappa shape index (κ3) is 5.24. The van der Waals surface area contributed by atoms with Gasteiger partial charge >= 0.3 is 0 Å². The third-order valence-electron chi connectivity index (χ3n) is 7.94. The summed E-state index contributed by atoms with van der Waals surface area (Å²) in [6, 6.07) is 40.8. The van der Waals surface area contributed by atoms with E-state index in [9.17, 15) is 8.42 Å². The number of rotatable bonds is 6. The minimum absolute atomic E-state index is 0.0584. The molecule has 222 valence electrons. The molecule has 0 N–H and O–H groups in total. The van der Waals surface area contributed by atoms with Crippen LogP contribution in [-0.4, -0.2) is 25.6 Å². The zero-order valence-corrected chi connectivity index (χ0v) is 25.8. The lowest BCUT2D eigenvalue weighted by Crippen LogP contribution is -2.51. The molecule has 0 fully saturated rings. The van der Waals surface area contributed by atoms with E-state index in [0.717, 1.165) is 22.4 Å². The molecule has 5 aromatic rings. The van der Waals surface area contributed by atoms with Crippen molar-refractivity contribution in [1.82, 2.24) is 0 Å². The van der Waals surface area contributed by atoms with Crippen molar-refractivity contribution < 1.29 is 14.5 Å². The highest BCUT2D eigenvalue weighted by Gasteiger charge is 2.60. The molecule has 7 rings (SSSR count). The van der Waals surface area contributed by atoms with E-state index < -0.39 is 21.5 Å². The number of nitrogens with zero attached hydrogens (tertiary/aromatic N) is 3. The zero-order chi connectivity index (χ0) is 31.9. The molecule has 0 amide bonds. The van der Waals surface area contributed by atoms with Crippen molar-refractivity contribution >= 4 is 44.7 Å². The summed E-state index contributed by atoms with van der Waals surface area (Å²) in [7, 11) is -4.34. The predicted molar refractivity (Wildman–Crippen MR) is 180 cm³/mol. The van der Waals surface area contributed by atoms with Gasteiger partial charge in [0.25, 0.3) is 10.0 Å². The summed E-state index contributed by atoms with van der Waals surface area (Å²) in [5.74, 6) is -0.187. The van der Waals surface area contributed by atoms with Gasteiger partial charge in [-0.1, -0.05) is 120 Å². The number of aryl methyl sites for hydroxylation is 1. The first-order valence-corrected chi connectivity index (χ1v) is 16.2. The normalized spacial score (nSPS) is 20.6. The van der Waals surface area contributed by atoms with E-state index in [1.165, 1.54) is 12.1 Å². The summed E-state index contributed by atoms with van der Waals surface area (Å²) < 4.78 is 47.4. The molecule has 0 bridgehead atoms. The number of halogens is 1. The van der Waals surface area contributed by atoms with Gasteiger partial charge in [0.15, 0.2) is 5.54 Å². The maximum absolute atomic E-state index is 14.1. The molecular weight excluding hydrogens is 602 g/mol. The van der Waals surface area contributed by atoms with E-state index in [-0.39, 0.29) is 16.8 Å². The first kappa shape index (κ1) is 27.6. The second-order valence-electron chi connectivity index (χ2n) is 10.9. The molecule has 0 saturated carbocycles. The van der Waals surface area contributed by atoms with E-state index in [2.05, 4.69) is 4.40 Å². The molecule has 0 aromatic heterocycles. The summed E-state index contributed by atoms with van der Waals surface area (Å²) in [6.07, 6.45) is 1.92. The summed E-state index contributed by atoms with van der Waals surface area (Å²) >= 11 is 6.36. The van der Waals surface area contributed by atoms with Crippen molar-refractivity contribution in [2.24, 2.45) is 9.50 Å². The molecule has 2 aliphatic heterocycles. The Kier molecular flexibility index (Phi) is 7.05. The molecule has 0 radical (unpaired) electrons. The van der Waals surface area contributed by atoms with Crippen molar-refractivity contribution in [2.45, 2.75) is 23.3 Å². The second-order valence-corrected chi connectivity index (χ2v) is 12.9. The van der Waals surface area contributed by atoms with Crippen LogP contribution in [0.5, 0.6) is 0 Å². The van der Waals surface area contributed by atoms with Gasteiger partial charge < -0.3 is 4.74 Å². The molecule has 6 nitrogen and oxygen atoms in total. The van der Waals surface area contributed by atoms with Crippen molar-refractivity contribution in [3.63, 3.8) is 0 Å². The summed E-state index contributed by atoms with van der Waals surface area (Å²) in [4.78, 5) is -0.0981. The number of hydrogen-bond donors (Lipinski definition) is 0. The molecule has 8 heteroatoms. The average molecular weight is 631 g/mol. The highest BCUT2D eigenvalue weighted by atomic mass is 35.5. The molecule has 2 heterocycles. The topological polar surface area (TPSA) is 71.3 Å². The Labute approximate surface area is 269 Å². The standard InChI is InChI=1S/C37H28ClN3O3S/c1-26-17-23-32(24-18-26)45(42,43)40-36-37(25-33(44-36)27-11-5-2-6-12-27)34(28-19-21-30(38)22-20-28)35(29-13-7-3-8-14-29)39-41(37)31-15-9-4-10-16-31/h2-25,34H,1H3/b40-36-/i17D. The largest absolute Gasteiger partial charge is 0.439 e. The van der Waals surface area contributed by atoms with Crippen LogP contribution < -0.4 is 5.01 Å². The fourth-order valence-electron chi connectivity index (χ4n) is 5.80. The van der Waals surface area contributed by atoms with Gasteiger partial charge in [-0.2, -0.15) is 13.5 Å². The molecular formula is C37H28ClN3O3S. The molecule has 5 aromatic carbocycles. The van der Waals surface area contributed by atoms with Gasteiger partial charge in [0.2, 0.25) is 5.90 Å². The highest BCUT2D eigenvalue weighted by molar-refractivity contribution is 7.90. The molecule has 0 aliphatic carbocycles. The first-order valence-electron chi connectivity index (χ1n) is 14.9. The van der Waals surface area contributed by atoms with Crippen LogP contribution in [0, 0.1) is 6.92 Å². The number of ether oxygens (including phenoxy) is 1. The van der Waals surface area contributed by atoms with Crippen LogP contribution in [0.15, 0.2) is 160 Å². The Balaban J connectivity index is 1.55. The van der Waals surface area contributed by atoms with E-state index in [1.54, 1.807) is 13.0 Å². The molecule has 2 aliphatic rings. The monoisotopic (exact) mass is 630 g/mol. The lowest BCUT2D eigenvalue weighted by atomic mass is 9.75. The van der Waals surface area contributed by atoms with Crippen LogP contribution in [0.1, 0.15) is 29.5 Å². The lowest BCUT2D eigenvalue weighted by Gasteiger charge is -2.36. The smallest absolute Gasteiger partial charge is 0.285 e. The van der Waals surface area contributed by atoms with Gasteiger partial charge in [-0.15, -0.1) is 4.40 Å². The Morgan fingerprint density at radius 3 is 2.09 bits per heavy atom. The number of hydrogen-bond acceptors (Lipinski definition) is 5. The van der Waals surface area contributed by atoms with Crippen molar-refractivity contribution in [2.75, 3.05) is 5.01 Å². The Morgan fingerprint density at radius 1 is 0.822 bits per heavy atom. The third-order valence-corrected chi connectivity index (χ3v) is 9.45. The Hall–Kier alpha value is -4.98. The van der Waals surface area contributed by atoms with Gasteiger partial charge in [-0.25, -0.2) is 5.01 Å². The quantitative estimate of drug-likeness (QED) is 0.189. The SMILES string of the molecule is [2H]c1cc(S(=O)(=O)/N=C2\OC(c3ccccc3)=CC23C(c2ccc(Cl)cc2)C(c2ccccc2)=NN3c2ccccc2)ccc1C. The fourth-order valence-corrected chi connectivity index (χ4v) is 6.88. The number of para-hydroxylation sites is 1. The van der Waals surface area contributed by atoms with Gasteiger partial charge in [0.05, 0.1) is 23.6 Å². The van der Waals surface area contributed by atoms with E-state index in [4.69, 9.17) is 22.8 Å². The van der Waals surface area contributed by atoms with Gasteiger partial charge in [-0.05, 0) is 60.5 Å². The second kappa shape index (κ2) is 11.5. The number of anilines is 1. The zero-order valence-electron chi connectivity index (χ0n) is 25.2. The maximum Gasteiger partial charge on any atom is 0.285 e. The van der Waals surface area contributed by atoms with Gasteiger partial charge in [0.1, 0.15) is 5.76 Å². The van der Waals surface area contributed by atoms with Crippen LogP contribution in [0.4, 0.5) is 5.69 Å². The first-order chi connectivity index (χ1) is 22.3. The van der Waals surface area contributed by atoms with Crippen LogP contribution >= 0.6 is 11.6 Å². The minimum Gasteiger partial charge on any atom is -0.439 e. The number of benzene rings is 5. The van der Waals surface area contributed by atoms with Crippen LogP contribution in [0.2, 0.25) is 5.02 Å². The average Bonchev–Trinajstić information content (AvgIpc) is 3.62. The number of sulfonamides is 1. The molecule has 2 unspecified atom stereocenters. The van der Waals surface area contributed by atoms with Crippen molar-refractivity contribution in [1.29, 1.82) is 0 Å².